The average molecular weight is 440 g/mol. The first-order valence-corrected chi connectivity index (χ1v) is 11.6. The van der Waals surface area contributed by atoms with Crippen LogP contribution in [0.4, 0.5) is 0 Å². The summed E-state index contributed by atoms with van der Waals surface area (Å²) in [5, 5.41) is 0.598. The monoisotopic (exact) mass is 438 g/mol. The van der Waals surface area contributed by atoms with Gasteiger partial charge in [-0.25, -0.2) is 8.42 Å². The standard InChI is InChI=1S/C15H20BrClN2O2S2/c16-15-9-13(17)2-1-12(15)11-23(20,21)19-6-4-18(5-7-19)14-3-8-22-10-14/h1-2,9,14H,3-8,10-11H2/t14-/m1/s1. The van der Waals surface area contributed by atoms with E-state index in [1.54, 1.807) is 22.5 Å². The number of sulfonamides is 1. The van der Waals surface area contributed by atoms with Crippen molar-refractivity contribution in [3.63, 3.8) is 0 Å². The molecule has 0 saturated carbocycles. The first kappa shape index (κ1) is 18.0. The smallest absolute Gasteiger partial charge is 0.218 e. The third-order valence-corrected chi connectivity index (χ3v) is 8.39. The van der Waals surface area contributed by atoms with E-state index in [-0.39, 0.29) is 5.75 Å². The van der Waals surface area contributed by atoms with Crippen LogP contribution in [0.15, 0.2) is 22.7 Å². The summed E-state index contributed by atoms with van der Waals surface area (Å²) < 4.78 is 27.7. The van der Waals surface area contributed by atoms with Crippen LogP contribution in [-0.2, 0) is 15.8 Å². The Morgan fingerprint density at radius 1 is 1.26 bits per heavy atom. The van der Waals surface area contributed by atoms with Crippen LogP contribution in [0.3, 0.4) is 0 Å². The van der Waals surface area contributed by atoms with E-state index < -0.39 is 10.0 Å². The zero-order valence-corrected chi connectivity index (χ0v) is 16.7. The summed E-state index contributed by atoms with van der Waals surface area (Å²) in [7, 11) is -3.29. The van der Waals surface area contributed by atoms with Crippen LogP contribution in [0.5, 0.6) is 0 Å². The summed E-state index contributed by atoms with van der Waals surface area (Å²) in [6.45, 7) is 2.86. The highest BCUT2D eigenvalue weighted by atomic mass is 79.9. The van der Waals surface area contributed by atoms with E-state index in [1.807, 2.05) is 11.8 Å². The average Bonchev–Trinajstić information content (AvgIpc) is 3.05. The highest BCUT2D eigenvalue weighted by Crippen LogP contribution is 2.26. The van der Waals surface area contributed by atoms with Crippen molar-refractivity contribution in [2.45, 2.75) is 18.2 Å². The number of rotatable bonds is 4. The molecule has 2 aliphatic heterocycles. The van der Waals surface area contributed by atoms with E-state index in [0.717, 1.165) is 23.1 Å². The molecule has 1 atom stereocenters. The van der Waals surface area contributed by atoms with E-state index in [9.17, 15) is 8.42 Å². The van der Waals surface area contributed by atoms with Gasteiger partial charge in [0.2, 0.25) is 10.0 Å². The van der Waals surface area contributed by atoms with E-state index >= 15 is 0 Å². The number of nitrogens with zero attached hydrogens (tertiary/aromatic N) is 2. The minimum atomic E-state index is -3.29. The molecule has 0 N–H and O–H groups in total. The number of hydrogen-bond acceptors (Lipinski definition) is 4. The molecule has 23 heavy (non-hydrogen) atoms. The molecule has 1 aromatic rings. The Labute approximate surface area is 155 Å². The molecule has 128 valence electrons. The van der Waals surface area contributed by atoms with Gasteiger partial charge in [-0.3, -0.25) is 4.90 Å². The quantitative estimate of drug-likeness (QED) is 0.723. The summed E-state index contributed by atoms with van der Waals surface area (Å²) in [6.07, 6.45) is 1.23. The van der Waals surface area contributed by atoms with Crippen molar-refractivity contribution in [3.8, 4) is 0 Å². The largest absolute Gasteiger partial charge is 0.297 e. The predicted octanol–water partition coefficient (Wildman–Crippen LogP) is 3.06. The second-order valence-electron chi connectivity index (χ2n) is 5.94. The van der Waals surface area contributed by atoms with Crippen LogP contribution < -0.4 is 0 Å². The number of halogens is 2. The molecule has 2 saturated heterocycles. The molecule has 3 rings (SSSR count). The second kappa shape index (κ2) is 7.62. The molecule has 0 spiro atoms. The molecule has 0 unspecified atom stereocenters. The number of piperazine rings is 1. The lowest BCUT2D eigenvalue weighted by Gasteiger charge is -2.37. The maximum absolute atomic E-state index is 12.7. The van der Waals surface area contributed by atoms with Crippen molar-refractivity contribution in [2.24, 2.45) is 0 Å². The lowest BCUT2D eigenvalue weighted by Crippen LogP contribution is -2.52. The highest BCUT2D eigenvalue weighted by Gasteiger charge is 2.31. The zero-order valence-electron chi connectivity index (χ0n) is 12.7. The van der Waals surface area contributed by atoms with E-state index in [2.05, 4.69) is 20.8 Å². The lowest BCUT2D eigenvalue weighted by atomic mass is 10.2. The van der Waals surface area contributed by atoms with Crippen molar-refractivity contribution in [1.82, 2.24) is 9.21 Å². The SMILES string of the molecule is O=S(=O)(Cc1ccc(Cl)cc1Br)N1CCN([C@@H]2CCSC2)CC1. The van der Waals surface area contributed by atoms with E-state index in [1.165, 1.54) is 17.9 Å². The minimum Gasteiger partial charge on any atom is -0.297 e. The van der Waals surface area contributed by atoms with E-state index in [0.29, 0.717) is 24.2 Å². The Balaban J connectivity index is 1.62. The third-order valence-electron chi connectivity index (χ3n) is 4.44. The molecule has 0 amide bonds. The number of hydrogen-bond donors (Lipinski definition) is 0. The number of benzene rings is 1. The summed E-state index contributed by atoms with van der Waals surface area (Å²) in [5.74, 6) is 2.43. The van der Waals surface area contributed by atoms with Gasteiger partial charge in [0.05, 0.1) is 5.75 Å². The van der Waals surface area contributed by atoms with Crippen molar-refractivity contribution in [2.75, 3.05) is 37.7 Å². The third kappa shape index (κ3) is 4.44. The Morgan fingerprint density at radius 3 is 2.61 bits per heavy atom. The van der Waals surface area contributed by atoms with Gasteiger partial charge in [0, 0.05) is 47.5 Å². The number of thioether (sulfide) groups is 1. The molecule has 0 radical (unpaired) electrons. The maximum atomic E-state index is 12.7. The first-order valence-electron chi connectivity index (χ1n) is 7.69. The fourth-order valence-corrected chi connectivity index (χ4v) is 6.89. The fraction of sp³-hybridized carbons (Fsp3) is 0.600. The molecule has 2 heterocycles. The highest BCUT2D eigenvalue weighted by molar-refractivity contribution is 9.10. The van der Waals surface area contributed by atoms with Gasteiger partial charge in [0.25, 0.3) is 0 Å². The van der Waals surface area contributed by atoms with Crippen LogP contribution in [0.1, 0.15) is 12.0 Å². The maximum Gasteiger partial charge on any atom is 0.218 e. The summed E-state index contributed by atoms with van der Waals surface area (Å²) >= 11 is 11.3. The lowest BCUT2D eigenvalue weighted by molar-refractivity contribution is 0.148. The van der Waals surface area contributed by atoms with Crippen LogP contribution in [0.2, 0.25) is 5.02 Å². The molecular weight excluding hydrogens is 420 g/mol. The van der Waals surface area contributed by atoms with Gasteiger partial charge in [-0.1, -0.05) is 33.6 Å². The Bertz CT molecular complexity index is 657. The molecule has 0 aromatic heterocycles. The van der Waals surface area contributed by atoms with Crippen LogP contribution in [-0.4, -0.2) is 61.3 Å². The molecule has 4 nitrogen and oxygen atoms in total. The normalized spacial score (nSPS) is 24.2. The summed E-state index contributed by atoms with van der Waals surface area (Å²) in [5.41, 5.74) is 0.754. The molecule has 2 fully saturated rings. The second-order valence-corrected chi connectivity index (χ2v) is 10.4. The summed E-state index contributed by atoms with van der Waals surface area (Å²) in [6, 6.07) is 5.88. The predicted molar refractivity (Wildman–Crippen MR) is 101 cm³/mol. The summed E-state index contributed by atoms with van der Waals surface area (Å²) in [4.78, 5) is 2.45. The van der Waals surface area contributed by atoms with Gasteiger partial charge in [-0.05, 0) is 29.9 Å². The van der Waals surface area contributed by atoms with Gasteiger partial charge in [0.15, 0.2) is 0 Å². The molecule has 0 aliphatic carbocycles. The van der Waals surface area contributed by atoms with Crippen molar-refractivity contribution in [1.29, 1.82) is 0 Å². The Kier molecular flexibility index (Phi) is 5.97. The van der Waals surface area contributed by atoms with Crippen molar-refractivity contribution in [3.05, 3.63) is 33.3 Å². The minimum absolute atomic E-state index is 0.0179. The molecule has 2 aliphatic rings. The van der Waals surface area contributed by atoms with Crippen LogP contribution in [0.25, 0.3) is 0 Å². The van der Waals surface area contributed by atoms with Crippen LogP contribution in [0, 0.1) is 0 Å². The van der Waals surface area contributed by atoms with Crippen LogP contribution >= 0.6 is 39.3 Å². The Morgan fingerprint density at radius 2 is 2.00 bits per heavy atom. The van der Waals surface area contributed by atoms with E-state index in [4.69, 9.17) is 11.6 Å². The van der Waals surface area contributed by atoms with Gasteiger partial charge in [0.1, 0.15) is 0 Å². The Hall–Kier alpha value is 0.210. The molecule has 0 bridgehead atoms. The fourth-order valence-electron chi connectivity index (χ4n) is 3.08. The van der Waals surface area contributed by atoms with Gasteiger partial charge in [-0.2, -0.15) is 16.1 Å². The molecular formula is C15H20BrClN2O2S2. The van der Waals surface area contributed by atoms with Gasteiger partial charge >= 0.3 is 0 Å². The van der Waals surface area contributed by atoms with Gasteiger partial charge in [-0.15, -0.1) is 0 Å². The topological polar surface area (TPSA) is 40.6 Å². The van der Waals surface area contributed by atoms with Crippen molar-refractivity contribution >= 4 is 49.3 Å². The van der Waals surface area contributed by atoms with Crippen molar-refractivity contribution < 1.29 is 8.42 Å². The molecule has 8 heteroatoms. The zero-order chi connectivity index (χ0) is 16.4. The molecule has 1 aromatic carbocycles. The van der Waals surface area contributed by atoms with Gasteiger partial charge < -0.3 is 0 Å². The first-order chi connectivity index (χ1) is 11.0.